The molecule has 2 aromatic rings. The fraction of sp³-hybridized carbons (Fsp3) is 0.421. The Bertz CT molecular complexity index is 1140. The number of rotatable bonds is 4. The molecule has 1 unspecified atom stereocenters. The van der Waals surface area contributed by atoms with E-state index in [0.717, 1.165) is 17.4 Å². The van der Waals surface area contributed by atoms with Crippen LogP contribution in [0.5, 0.6) is 0 Å². The zero-order valence-electron chi connectivity index (χ0n) is 16.5. The molecule has 3 heterocycles. The second-order valence-corrected chi connectivity index (χ2v) is 12.5. The number of carbonyl (C=O) groups is 1. The van der Waals surface area contributed by atoms with Crippen LogP contribution in [0.4, 0.5) is 0 Å². The molecule has 0 radical (unpaired) electrons. The molecular weight excluding hydrogens is 446 g/mol. The van der Waals surface area contributed by atoms with Gasteiger partial charge in [0.1, 0.15) is 10.3 Å². The number of piperazine rings is 1. The van der Waals surface area contributed by atoms with Gasteiger partial charge in [0.15, 0.2) is 0 Å². The Morgan fingerprint density at radius 3 is 2.23 bits per heavy atom. The number of nitrogens with zero attached hydrogens (tertiary/aromatic N) is 3. The Kier molecular flexibility index (Phi) is 5.75. The average molecular weight is 470 g/mol. The predicted octanol–water partition coefficient (Wildman–Crippen LogP) is 0.968. The highest BCUT2D eigenvalue weighted by atomic mass is 32.2. The summed E-state index contributed by atoms with van der Waals surface area (Å²) in [4.78, 5) is 14.8. The predicted molar refractivity (Wildman–Crippen MR) is 114 cm³/mol. The van der Waals surface area contributed by atoms with Crippen molar-refractivity contribution < 1.29 is 21.6 Å². The minimum Gasteiger partial charge on any atom is -0.339 e. The molecule has 1 aromatic heterocycles. The van der Waals surface area contributed by atoms with Gasteiger partial charge in [0, 0.05) is 32.7 Å². The zero-order valence-corrected chi connectivity index (χ0v) is 18.9. The topological polar surface area (TPSA) is 95.1 Å². The maximum absolute atomic E-state index is 13.3. The van der Waals surface area contributed by atoms with Crippen LogP contribution in [0.3, 0.4) is 0 Å². The fourth-order valence-corrected chi connectivity index (χ4v) is 7.52. The number of hydrogen-bond acceptors (Lipinski definition) is 6. The van der Waals surface area contributed by atoms with Crippen molar-refractivity contribution in [2.75, 3.05) is 32.4 Å². The lowest BCUT2D eigenvalue weighted by Crippen LogP contribution is -2.57. The summed E-state index contributed by atoms with van der Waals surface area (Å²) in [6.07, 6.45) is 1.43. The van der Waals surface area contributed by atoms with E-state index in [4.69, 9.17) is 0 Å². The molecule has 4 rings (SSSR count). The quantitative estimate of drug-likeness (QED) is 0.665. The average Bonchev–Trinajstić information content (AvgIpc) is 3.27. The van der Waals surface area contributed by atoms with Crippen LogP contribution in [0, 0.1) is 0 Å². The minimum atomic E-state index is -3.58. The van der Waals surface area contributed by atoms with E-state index in [-0.39, 0.29) is 42.8 Å². The monoisotopic (exact) mass is 469 g/mol. The van der Waals surface area contributed by atoms with Gasteiger partial charge in [-0.05, 0) is 29.0 Å². The largest absolute Gasteiger partial charge is 0.339 e. The standard InChI is InChI=1S/C19H23N3O5S3/c1-29(24,25)22-14-16-6-3-2-5-15(16)13-17(22)19(23)20-8-10-21(11-9-20)30(26,27)18-7-4-12-28-18/h2-7,12,17H,8-11,13-14H2,1H3. The summed E-state index contributed by atoms with van der Waals surface area (Å²) < 4.78 is 53.1. The van der Waals surface area contributed by atoms with Crippen molar-refractivity contribution in [3.63, 3.8) is 0 Å². The Morgan fingerprint density at radius 1 is 0.967 bits per heavy atom. The molecule has 0 saturated carbocycles. The summed E-state index contributed by atoms with van der Waals surface area (Å²) in [5.74, 6) is -0.275. The molecule has 11 heteroatoms. The second-order valence-electron chi connectivity index (χ2n) is 7.46. The minimum absolute atomic E-state index is 0.165. The van der Waals surface area contributed by atoms with Gasteiger partial charge in [0.2, 0.25) is 15.9 Å². The van der Waals surface area contributed by atoms with E-state index in [9.17, 15) is 21.6 Å². The molecule has 2 aliphatic heterocycles. The summed E-state index contributed by atoms with van der Waals surface area (Å²) in [6, 6.07) is 9.98. The summed E-state index contributed by atoms with van der Waals surface area (Å²) in [5, 5.41) is 1.72. The first-order chi connectivity index (χ1) is 14.2. The van der Waals surface area contributed by atoms with Gasteiger partial charge >= 0.3 is 0 Å². The van der Waals surface area contributed by atoms with Crippen LogP contribution >= 0.6 is 11.3 Å². The van der Waals surface area contributed by atoms with Gasteiger partial charge in [-0.2, -0.15) is 8.61 Å². The van der Waals surface area contributed by atoms with Gasteiger partial charge in [-0.15, -0.1) is 11.3 Å². The lowest BCUT2D eigenvalue weighted by molar-refractivity contribution is -0.136. The van der Waals surface area contributed by atoms with E-state index in [1.54, 1.807) is 22.4 Å². The number of benzene rings is 1. The van der Waals surface area contributed by atoms with Crippen molar-refractivity contribution in [2.45, 2.75) is 23.2 Å². The molecule has 1 saturated heterocycles. The van der Waals surface area contributed by atoms with Gasteiger partial charge in [-0.25, -0.2) is 16.8 Å². The molecular formula is C19H23N3O5S3. The summed E-state index contributed by atoms with van der Waals surface area (Å²) in [6.45, 7) is 1.01. The lowest BCUT2D eigenvalue weighted by atomic mass is 9.95. The van der Waals surface area contributed by atoms with Crippen LogP contribution in [0.1, 0.15) is 11.1 Å². The zero-order chi connectivity index (χ0) is 21.5. The van der Waals surface area contributed by atoms with Crippen molar-refractivity contribution in [3.05, 3.63) is 52.9 Å². The number of carbonyl (C=O) groups excluding carboxylic acids is 1. The van der Waals surface area contributed by atoms with Crippen LogP contribution < -0.4 is 0 Å². The number of hydrogen-bond donors (Lipinski definition) is 0. The van der Waals surface area contributed by atoms with Crippen LogP contribution in [0.25, 0.3) is 0 Å². The Morgan fingerprint density at radius 2 is 1.63 bits per heavy atom. The van der Waals surface area contributed by atoms with Gasteiger partial charge < -0.3 is 4.90 Å². The molecule has 1 atom stereocenters. The lowest BCUT2D eigenvalue weighted by Gasteiger charge is -2.40. The van der Waals surface area contributed by atoms with Crippen molar-refractivity contribution in [3.8, 4) is 0 Å². The SMILES string of the molecule is CS(=O)(=O)N1Cc2ccccc2CC1C(=O)N1CCN(S(=O)(=O)c2cccs2)CC1. The van der Waals surface area contributed by atoms with Gasteiger partial charge in [-0.3, -0.25) is 4.79 Å². The van der Waals surface area contributed by atoms with Gasteiger partial charge in [-0.1, -0.05) is 30.3 Å². The van der Waals surface area contributed by atoms with Crippen molar-refractivity contribution in [1.29, 1.82) is 0 Å². The summed E-state index contributed by atoms with van der Waals surface area (Å²) in [7, 11) is -7.14. The normalized spacial score (nSPS) is 21.4. The van der Waals surface area contributed by atoms with E-state index in [1.807, 2.05) is 24.3 Å². The third-order valence-corrected chi connectivity index (χ3v) is 10.1. The van der Waals surface area contributed by atoms with Gasteiger partial charge in [0.25, 0.3) is 10.0 Å². The molecule has 162 valence electrons. The van der Waals surface area contributed by atoms with Crippen LogP contribution in [0.2, 0.25) is 0 Å². The van der Waals surface area contributed by atoms with E-state index in [0.29, 0.717) is 6.42 Å². The molecule has 1 amide bonds. The van der Waals surface area contributed by atoms with Crippen molar-refractivity contribution in [1.82, 2.24) is 13.5 Å². The van der Waals surface area contributed by atoms with E-state index in [2.05, 4.69) is 0 Å². The van der Waals surface area contributed by atoms with Crippen LogP contribution in [-0.2, 0) is 37.8 Å². The third-order valence-electron chi connectivity index (χ3n) is 5.56. The first-order valence-corrected chi connectivity index (χ1v) is 13.7. The first kappa shape index (κ1) is 21.4. The Balaban J connectivity index is 1.50. The van der Waals surface area contributed by atoms with Crippen LogP contribution in [-0.4, -0.2) is 74.7 Å². The molecule has 1 aromatic carbocycles. The van der Waals surface area contributed by atoms with E-state index in [1.165, 1.54) is 19.9 Å². The highest BCUT2D eigenvalue weighted by Crippen LogP contribution is 2.27. The van der Waals surface area contributed by atoms with Gasteiger partial charge in [0.05, 0.1) is 6.26 Å². The molecule has 1 fully saturated rings. The number of fused-ring (bicyclic) bond motifs is 1. The molecule has 0 aliphatic carbocycles. The summed E-state index contributed by atoms with van der Waals surface area (Å²) >= 11 is 1.17. The molecule has 0 N–H and O–H groups in total. The maximum Gasteiger partial charge on any atom is 0.252 e. The molecule has 0 bridgehead atoms. The third kappa shape index (κ3) is 4.04. The second kappa shape index (κ2) is 8.04. The van der Waals surface area contributed by atoms with E-state index < -0.39 is 26.1 Å². The Hall–Kier alpha value is -1.79. The number of sulfonamides is 2. The highest BCUT2D eigenvalue weighted by Gasteiger charge is 2.40. The number of amides is 1. The molecule has 8 nitrogen and oxygen atoms in total. The van der Waals surface area contributed by atoms with E-state index >= 15 is 0 Å². The fourth-order valence-electron chi connectivity index (χ4n) is 3.96. The Labute approximate surface area is 180 Å². The maximum atomic E-state index is 13.3. The van der Waals surface area contributed by atoms with Crippen LogP contribution in [0.15, 0.2) is 46.0 Å². The summed E-state index contributed by atoms with van der Waals surface area (Å²) in [5.41, 5.74) is 1.87. The number of thiophene rings is 1. The molecule has 30 heavy (non-hydrogen) atoms. The van der Waals surface area contributed by atoms with Crippen molar-refractivity contribution >= 4 is 37.3 Å². The smallest absolute Gasteiger partial charge is 0.252 e. The highest BCUT2D eigenvalue weighted by molar-refractivity contribution is 7.91. The van der Waals surface area contributed by atoms with Crippen molar-refractivity contribution in [2.24, 2.45) is 0 Å². The molecule has 0 spiro atoms. The first-order valence-electron chi connectivity index (χ1n) is 9.54. The molecule has 2 aliphatic rings.